The van der Waals surface area contributed by atoms with Crippen molar-refractivity contribution in [1.29, 1.82) is 0 Å². The number of carbonyl (C=O) groups is 1. The molecule has 1 N–H and O–H groups in total. The van der Waals surface area contributed by atoms with Gasteiger partial charge in [-0.2, -0.15) is 0 Å². The van der Waals surface area contributed by atoms with Crippen molar-refractivity contribution >= 4 is 16.9 Å². The Balaban J connectivity index is 2.43. The summed E-state index contributed by atoms with van der Waals surface area (Å²) >= 11 is 0. The second kappa shape index (κ2) is 5.23. The number of ether oxygens (including phenoxy) is 1. The van der Waals surface area contributed by atoms with Gasteiger partial charge in [-0.3, -0.25) is 4.79 Å². The molecule has 0 radical (unpaired) electrons. The minimum absolute atomic E-state index is 0.0405. The number of Topliss-reactive ketones (excluding diaryl/α,β-unsaturated/α-hetero) is 1. The number of nitrogens with zero attached hydrogens (tertiary/aromatic N) is 2. The van der Waals surface area contributed by atoms with Gasteiger partial charge in [0.05, 0.1) is 17.9 Å². The zero-order chi connectivity index (χ0) is 14.9. The van der Waals surface area contributed by atoms with Crippen molar-refractivity contribution in [3.05, 3.63) is 18.0 Å². The minimum atomic E-state index is -0.454. The fraction of sp³-hybridized carbons (Fsp3) is 0.533. The van der Waals surface area contributed by atoms with E-state index < -0.39 is 5.41 Å². The molecule has 0 amide bonds. The molecule has 108 valence electrons. The fourth-order valence-electron chi connectivity index (χ4n) is 1.80. The third-order valence-corrected chi connectivity index (χ3v) is 3.18. The Hall–Kier alpha value is -1.91. The Morgan fingerprint density at radius 1 is 1.45 bits per heavy atom. The SMILES string of the molecule is CCC(C)Oc1cnc2[nH]cc(C(=O)C(C)(C)C)c2n1. The lowest BCUT2D eigenvalue weighted by atomic mass is 9.87. The average molecular weight is 275 g/mol. The van der Waals surface area contributed by atoms with Crippen molar-refractivity contribution in [2.75, 3.05) is 0 Å². The lowest BCUT2D eigenvalue weighted by Crippen LogP contribution is -2.20. The second-order valence-corrected chi connectivity index (χ2v) is 6.02. The van der Waals surface area contributed by atoms with Gasteiger partial charge in [-0.15, -0.1) is 0 Å². The molecule has 5 nitrogen and oxygen atoms in total. The standard InChI is InChI=1S/C15H21N3O2/c1-6-9(2)20-11-8-17-14-12(18-11)10(7-16-14)13(19)15(3,4)5/h7-9H,6H2,1-5H3,(H,16,17). The summed E-state index contributed by atoms with van der Waals surface area (Å²) in [5.41, 5.74) is 1.29. The van der Waals surface area contributed by atoms with Crippen LogP contribution in [0.1, 0.15) is 51.4 Å². The van der Waals surface area contributed by atoms with Crippen LogP contribution < -0.4 is 4.74 Å². The van der Waals surface area contributed by atoms with Crippen LogP contribution in [0.3, 0.4) is 0 Å². The van der Waals surface area contributed by atoms with Gasteiger partial charge in [0.2, 0.25) is 5.88 Å². The number of fused-ring (bicyclic) bond motifs is 1. The van der Waals surface area contributed by atoms with Gasteiger partial charge in [0, 0.05) is 11.6 Å². The first kappa shape index (κ1) is 14.5. The van der Waals surface area contributed by atoms with Crippen molar-refractivity contribution in [1.82, 2.24) is 15.0 Å². The highest BCUT2D eigenvalue weighted by Gasteiger charge is 2.26. The molecule has 0 aliphatic carbocycles. The molecule has 0 aromatic carbocycles. The first-order valence-electron chi connectivity index (χ1n) is 6.88. The van der Waals surface area contributed by atoms with E-state index in [1.54, 1.807) is 12.4 Å². The molecule has 20 heavy (non-hydrogen) atoms. The highest BCUT2D eigenvalue weighted by molar-refractivity contribution is 6.08. The van der Waals surface area contributed by atoms with Gasteiger partial charge in [0.15, 0.2) is 11.4 Å². The quantitative estimate of drug-likeness (QED) is 0.869. The molecular weight excluding hydrogens is 254 g/mol. The predicted octanol–water partition coefficient (Wildman–Crippen LogP) is 3.36. The van der Waals surface area contributed by atoms with Gasteiger partial charge in [0.25, 0.3) is 0 Å². The van der Waals surface area contributed by atoms with E-state index in [-0.39, 0.29) is 11.9 Å². The Morgan fingerprint density at radius 2 is 2.15 bits per heavy atom. The average Bonchev–Trinajstić information content (AvgIpc) is 2.79. The van der Waals surface area contributed by atoms with Crippen LogP contribution in [0.25, 0.3) is 11.2 Å². The van der Waals surface area contributed by atoms with E-state index >= 15 is 0 Å². The molecule has 5 heteroatoms. The van der Waals surface area contributed by atoms with E-state index in [2.05, 4.69) is 15.0 Å². The van der Waals surface area contributed by atoms with Crippen molar-refractivity contribution < 1.29 is 9.53 Å². The molecule has 0 saturated heterocycles. The third-order valence-electron chi connectivity index (χ3n) is 3.18. The van der Waals surface area contributed by atoms with E-state index in [9.17, 15) is 4.79 Å². The van der Waals surface area contributed by atoms with E-state index in [1.807, 2.05) is 34.6 Å². The maximum absolute atomic E-state index is 12.4. The third kappa shape index (κ3) is 2.81. The largest absolute Gasteiger partial charge is 0.474 e. The molecule has 0 saturated carbocycles. The summed E-state index contributed by atoms with van der Waals surface area (Å²) in [6.45, 7) is 9.69. The maximum atomic E-state index is 12.4. The number of carbonyl (C=O) groups excluding carboxylic acids is 1. The van der Waals surface area contributed by atoms with Crippen LogP contribution in [0.4, 0.5) is 0 Å². The zero-order valence-corrected chi connectivity index (χ0v) is 12.7. The number of H-pyrrole nitrogens is 1. The summed E-state index contributed by atoms with van der Waals surface area (Å²) in [4.78, 5) is 24.1. The maximum Gasteiger partial charge on any atom is 0.233 e. The number of hydrogen-bond acceptors (Lipinski definition) is 4. The lowest BCUT2D eigenvalue weighted by Gasteiger charge is -2.15. The Bertz CT molecular complexity index is 626. The van der Waals surface area contributed by atoms with Crippen molar-refractivity contribution in [2.45, 2.75) is 47.1 Å². The molecular formula is C15H21N3O2. The molecule has 2 aromatic rings. The Morgan fingerprint density at radius 3 is 2.75 bits per heavy atom. The molecule has 0 aliphatic rings. The molecule has 1 atom stereocenters. The smallest absolute Gasteiger partial charge is 0.233 e. The van der Waals surface area contributed by atoms with Crippen LogP contribution in [-0.2, 0) is 0 Å². The predicted molar refractivity (Wildman–Crippen MR) is 78.1 cm³/mol. The molecule has 2 rings (SSSR count). The first-order valence-corrected chi connectivity index (χ1v) is 6.88. The van der Waals surface area contributed by atoms with E-state index in [4.69, 9.17) is 4.74 Å². The van der Waals surface area contributed by atoms with Crippen LogP contribution in [-0.4, -0.2) is 26.8 Å². The molecule has 2 aromatic heterocycles. The van der Waals surface area contributed by atoms with Gasteiger partial charge in [0.1, 0.15) is 5.52 Å². The number of rotatable bonds is 4. The summed E-state index contributed by atoms with van der Waals surface area (Å²) in [5, 5.41) is 0. The van der Waals surface area contributed by atoms with Gasteiger partial charge < -0.3 is 9.72 Å². The molecule has 0 aliphatic heterocycles. The second-order valence-electron chi connectivity index (χ2n) is 6.02. The molecule has 2 heterocycles. The van der Waals surface area contributed by atoms with Crippen LogP contribution in [0.5, 0.6) is 5.88 Å². The van der Waals surface area contributed by atoms with Crippen molar-refractivity contribution in [2.24, 2.45) is 5.41 Å². The van der Waals surface area contributed by atoms with Crippen LogP contribution in [0.2, 0.25) is 0 Å². The topological polar surface area (TPSA) is 67.9 Å². The van der Waals surface area contributed by atoms with Gasteiger partial charge in [-0.05, 0) is 13.3 Å². The highest BCUT2D eigenvalue weighted by Crippen LogP contribution is 2.26. The van der Waals surface area contributed by atoms with Crippen LogP contribution in [0, 0.1) is 5.41 Å². The van der Waals surface area contributed by atoms with Crippen LogP contribution in [0.15, 0.2) is 12.4 Å². The summed E-state index contributed by atoms with van der Waals surface area (Å²) in [6.07, 6.45) is 4.21. The monoisotopic (exact) mass is 275 g/mol. The first-order chi connectivity index (χ1) is 9.32. The number of aromatic amines is 1. The molecule has 1 unspecified atom stereocenters. The fourth-order valence-corrected chi connectivity index (χ4v) is 1.80. The minimum Gasteiger partial charge on any atom is -0.474 e. The van der Waals surface area contributed by atoms with Crippen molar-refractivity contribution in [3.63, 3.8) is 0 Å². The van der Waals surface area contributed by atoms with E-state index in [1.165, 1.54) is 0 Å². The van der Waals surface area contributed by atoms with E-state index in [0.29, 0.717) is 22.6 Å². The summed E-state index contributed by atoms with van der Waals surface area (Å²) in [6, 6.07) is 0. The summed E-state index contributed by atoms with van der Waals surface area (Å²) in [7, 11) is 0. The van der Waals surface area contributed by atoms with Gasteiger partial charge in [-0.1, -0.05) is 27.7 Å². The summed E-state index contributed by atoms with van der Waals surface area (Å²) in [5.74, 6) is 0.494. The number of nitrogens with one attached hydrogen (secondary N) is 1. The molecule has 0 fully saturated rings. The lowest BCUT2D eigenvalue weighted by molar-refractivity contribution is 0.0860. The number of hydrogen-bond donors (Lipinski definition) is 1. The Labute approximate surface area is 118 Å². The number of aromatic nitrogens is 3. The van der Waals surface area contributed by atoms with Crippen molar-refractivity contribution in [3.8, 4) is 5.88 Å². The summed E-state index contributed by atoms with van der Waals surface area (Å²) < 4.78 is 5.66. The van der Waals surface area contributed by atoms with Gasteiger partial charge in [-0.25, -0.2) is 9.97 Å². The molecule has 0 bridgehead atoms. The highest BCUT2D eigenvalue weighted by atomic mass is 16.5. The van der Waals surface area contributed by atoms with Crippen LogP contribution >= 0.6 is 0 Å². The molecule has 0 spiro atoms. The van der Waals surface area contributed by atoms with E-state index in [0.717, 1.165) is 6.42 Å². The Kier molecular flexibility index (Phi) is 3.79. The number of ketones is 1. The zero-order valence-electron chi connectivity index (χ0n) is 12.7. The normalized spacial score (nSPS) is 13.4. The van der Waals surface area contributed by atoms with Gasteiger partial charge >= 0.3 is 0 Å².